The van der Waals surface area contributed by atoms with Gasteiger partial charge in [0.05, 0.1) is 14.2 Å². The predicted octanol–water partition coefficient (Wildman–Crippen LogP) is 5.62. The summed E-state index contributed by atoms with van der Waals surface area (Å²) in [5.74, 6) is 1.71. The van der Waals surface area contributed by atoms with E-state index in [2.05, 4.69) is 23.1 Å². The lowest BCUT2D eigenvalue weighted by atomic mass is 10.0. The van der Waals surface area contributed by atoms with Crippen LogP contribution >= 0.6 is 0 Å². The summed E-state index contributed by atoms with van der Waals surface area (Å²) in [5.41, 5.74) is 3.17. The van der Waals surface area contributed by atoms with Gasteiger partial charge in [-0.2, -0.15) is 0 Å². The number of carbonyl (C=O) groups is 1. The lowest BCUT2D eigenvalue weighted by Gasteiger charge is -2.34. The van der Waals surface area contributed by atoms with E-state index in [1.165, 1.54) is 56.9 Å². The minimum absolute atomic E-state index is 0.228. The number of nitrogens with zero attached hydrogens (tertiary/aromatic N) is 1. The van der Waals surface area contributed by atoms with Crippen LogP contribution < -0.4 is 9.47 Å². The van der Waals surface area contributed by atoms with Gasteiger partial charge in [-0.15, -0.1) is 0 Å². The largest absolute Gasteiger partial charge is 0.493 e. The van der Waals surface area contributed by atoms with Crippen LogP contribution in [0.5, 0.6) is 11.5 Å². The zero-order valence-electron chi connectivity index (χ0n) is 18.2. The topological polar surface area (TPSA) is 38.8 Å². The molecule has 0 aliphatic heterocycles. The SMILES string of the molecule is COc1ccc(Cc2ccc(C(=O)N(C3CCCC3)C3CCCC3)cc2)cc1OC. The van der Waals surface area contributed by atoms with E-state index in [0.717, 1.165) is 29.0 Å². The van der Waals surface area contributed by atoms with E-state index in [0.29, 0.717) is 12.1 Å². The maximum Gasteiger partial charge on any atom is 0.254 e. The lowest BCUT2D eigenvalue weighted by molar-refractivity contribution is 0.0580. The van der Waals surface area contributed by atoms with E-state index in [1.54, 1.807) is 14.2 Å². The Labute approximate surface area is 180 Å². The van der Waals surface area contributed by atoms with E-state index in [4.69, 9.17) is 9.47 Å². The fourth-order valence-corrected chi connectivity index (χ4v) is 5.14. The molecule has 2 aliphatic carbocycles. The van der Waals surface area contributed by atoms with Gasteiger partial charge in [0, 0.05) is 17.6 Å². The molecule has 0 unspecified atom stereocenters. The second-order valence-corrected chi connectivity index (χ2v) is 8.65. The molecule has 0 N–H and O–H groups in total. The third kappa shape index (κ3) is 4.48. The van der Waals surface area contributed by atoms with Crippen LogP contribution in [0.2, 0.25) is 0 Å². The zero-order chi connectivity index (χ0) is 20.9. The number of hydrogen-bond acceptors (Lipinski definition) is 3. The molecule has 0 spiro atoms. The molecule has 2 aromatic carbocycles. The van der Waals surface area contributed by atoms with Crippen molar-refractivity contribution in [1.29, 1.82) is 0 Å². The Morgan fingerprint density at radius 2 is 1.33 bits per heavy atom. The molecule has 30 heavy (non-hydrogen) atoms. The summed E-state index contributed by atoms with van der Waals surface area (Å²) < 4.78 is 10.7. The van der Waals surface area contributed by atoms with Crippen LogP contribution in [-0.4, -0.2) is 37.1 Å². The highest BCUT2D eigenvalue weighted by atomic mass is 16.5. The fourth-order valence-electron chi connectivity index (χ4n) is 5.14. The van der Waals surface area contributed by atoms with Gasteiger partial charge in [0.15, 0.2) is 11.5 Å². The van der Waals surface area contributed by atoms with Crippen molar-refractivity contribution in [2.75, 3.05) is 14.2 Å². The van der Waals surface area contributed by atoms with Crippen LogP contribution in [0.25, 0.3) is 0 Å². The highest BCUT2D eigenvalue weighted by Crippen LogP contribution is 2.33. The first-order valence-electron chi connectivity index (χ1n) is 11.3. The van der Waals surface area contributed by atoms with E-state index < -0.39 is 0 Å². The third-order valence-corrected chi connectivity index (χ3v) is 6.73. The number of rotatable bonds is 7. The van der Waals surface area contributed by atoms with Crippen molar-refractivity contribution in [2.45, 2.75) is 69.9 Å². The summed E-state index contributed by atoms with van der Waals surface area (Å²) >= 11 is 0. The Morgan fingerprint density at radius 1 is 0.800 bits per heavy atom. The average Bonchev–Trinajstić information content (AvgIpc) is 3.49. The Balaban J connectivity index is 1.48. The maximum atomic E-state index is 13.4. The molecule has 4 nitrogen and oxygen atoms in total. The summed E-state index contributed by atoms with van der Waals surface area (Å²) in [5, 5.41) is 0. The van der Waals surface area contributed by atoms with Gasteiger partial charge in [-0.1, -0.05) is 43.9 Å². The second kappa shape index (κ2) is 9.55. The molecule has 0 bridgehead atoms. The zero-order valence-corrected chi connectivity index (χ0v) is 18.2. The van der Waals surface area contributed by atoms with Crippen molar-refractivity contribution in [2.24, 2.45) is 0 Å². The number of amides is 1. The van der Waals surface area contributed by atoms with Gasteiger partial charge in [-0.25, -0.2) is 0 Å². The van der Waals surface area contributed by atoms with E-state index in [1.807, 2.05) is 24.3 Å². The number of hydrogen-bond donors (Lipinski definition) is 0. The van der Waals surface area contributed by atoms with Crippen LogP contribution in [0.15, 0.2) is 42.5 Å². The molecule has 4 heteroatoms. The van der Waals surface area contributed by atoms with Gasteiger partial charge >= 0.3 is 0 Å². The van der Waals surface area contributed by atoms with E-state index in [9.17, 15) is 4.79 Å². The second-order valence-electron chi connectivity index (χ2n) is 8.65. The molecule has 2 fully saturated rings. The maximum absolute atomic E-state index is 13.4. The molecule has 0 aromatic heterocycles. The molecule has 2 aromatic rings. The predicted molar refractivity (Wildman–Crippen MR) is 119 cm³/mol. The Kier molecular flexibility index (Phi) is 6.61. The van der Waals surface area contributed by atoms with Gasteiger partial charge < -0.3 is 14.4 Å². The average molecular weight is 408 g/mol. The van der Waals surface area contributed by atoms with Crippen LogP contribution in [0.1, 0.15) is 72.9 Å². The van der Waals surface area contributed by atoms with Crippen LogP contribution in [-0.2, 0) is 6.42 Å². The van der Waals surface area contributed by atoms with Crippen LogP contribution in [0, 0.1) is 0 Å². The van der Waals surface area contributed by atoms with Gasteiger partial charge in [0.2, 0.25) is 0 Å². The molecule has 2 aliphatic rings. The number of methoxy groups -OCH3 is 2. The summed E-state index contributed by atoms with van der Waals surface area (Å²) in [6.07, 6.45) is 10.5. The molecule has 0 saturated heterocycles. The van der Waals surface area contributed by atoms with Gasteiger partial charge in [0.1, 0.15) is 0 Å². The summed E-state index contributed by atoms with van der Waals surface area (Å²) in [6, 6.07) is 15.1. The fraction of sp³-hybridized carbons (Fsp3) is 0.500. The molecular formula is C26H33NO3. The first-order valence-corrected chi connectivity index (χ1v) is 11.3. The first kappa shape index (κ1) is 20.8. The molecule has 160 valence electrons. The molecule has 4 rings (SSSR count). The molecule has 2 saturated carbocycles. The molecule has 1 amide bonds. The minimum atomic E-state index is 0.228. The van der Waals surface area contributed by atoms with Crippen molar-refractivity contribution in [3.05, 3.63) is 59.2 Å². The quantitative estimate of drug-likeness (QED) is 0.598. The van der Waals surface area contributed by atoms with Gasteiger partial charge in [-0.05, 0) is 67.5 Å². The lowest BCUT2D eigenvalue weighted by Crippen LogP contribution is -2.45. The van der Waals surface area contributed by atoms with E-state index in [-0.39, 0.29) is 5.91 Å². The van der Waals surface area contributed by atoms with Crippen molar-refractivity contribution in [3.63, 3.8) is 0 Å². The van der Waals surface area contributed by atoms with Crippen LogP contribution in [0.4, 0.5) is 0 Å². The third-order valence-electron chi connectivity index (χ3n) is 6.73. The van der Waals surface area contributed by atoms with Crippen LogP contribution in [0.3, 0.4) is 0 Å². The summed E-state index contributed by atoms with van der Waals surface area (Å²) in [6.45, 7) is 0. The van der Waals surface area contributed by atoms with Crippen molar-refractivity contribution < 1.29 is 14.3 Å². The normalized spacial score (nSPS) is 17.3. The van der Waals surface area contributed by atoms with Gasteiger partial charge in [0.25, 0.3) is 5.91 Å². The van der Waals surface area contributed by atoms with Gasteiger partial charge in [-0.3, -0.25) is 4.79 Å². The first-order chi connectivity index (χ1) is 14.7. The Hall–Kier alpha value is -2.49. The monoisotopic (exact) mass is 407 g/mol. The number of carbonyl (C=O) groups excluding carboxylic acids is 1. The van der Waals surface area contributed by atoms with Crippen molar-refractivity contribution >= 4 is 5.91 Å². The molecular weight excluding hydrogens is 374 g/mol. The Bertz CT molecular complexity index is 833. The van der Waals surface area contributed by atoms with Crippen molar-refractivity contribution in [1.82, 2.24) is 4.90 Å². The minimum Gasteiger partial charge on any atom is -0.493 e. The number of ether oxygens (including phenoxy) is 2. The molecule has 0 atom stereocenters. The Morgan fingerprint density at radius 3 is 1.87 bits per heavy atom. The van der Waals surface area contributed by atoms with Crippen molar-refractivity contribution in [3.8, 4) is 11.5 Å². The summed E-state index contributed by atoms with van der Waals surface area (Å²) in [4.78, 5) is 15.7. The summed E-state index contributed by atoms with van der Waals surface area (Å²) in [7, 11) is 3.30. The van der Waals surface area contributed by atoms with E-state index >= 15 is 0 Å². The highest BCUT2D eigenvalue weighted by Gasteiger charge is 2.34. The smallest absolute Gasteiger partial charge is 0.254 e. The highest BCUT2D eigenvalue weighted by molar-refractivity contribution is 5.94. The molecule has 0 heterocycles. The standard InChI is InChI=1S/C26H33NO3/c1-29-24-16-13-20(18-25(24)30-2)17-19-11-14-21(15-12-19)26(28)27(22-7-3-4-8-22)23-9-5-6-10-23/h11-16,18,22-23H,3-10,17H2,1-2H3. The number of benzene rings is 2. The molecule has 0 radical (unpaired) electrons.